The summed E-state index contributed by atoms with van der Waals surface area (Å²) in [5, 5.41) is 17.5. The molecule has 19 heavy (non-hydrogen) atoms. The minimum Gasteiger partial charge on any atom is -0.395 e. The average Bonchev–Trinajstić information content (AvgIpc) is 2.76. The van der Waals surface area contributed by atoms with E-state index in [0.29, 0.717) is 16.9 Å². The number of primary sulfonamides is 1. The molecule has 0 aromatic carbocycles. The van der Waals surface area contributed by atoms with Crippen LogP contribution in [0.15, 0.2) is 11.4 Å². The van der Waals surface area contributed by atoms with Crippen molar-refractivity contribution < 1.29 is 18.3 Å². The maximum Gasteiger partial charge on any atom is 0.252 e. The zero-order valence-electron chi connectivity index (χ0n) is 10.0. The molecule has 0 atom stereocenters. The van der Waals surface area contributed by atoms with Crippen molar-refractivity contribution in [3.05, 3.63) is 21.9 Å². The molecule has 1 aromatic heterocycles. The summed E-state index contributed by atoms with van der Waals surface area (Å²) < 4.78 is 21.4. The van der Waals surface area contributed by atoms with Gasteiger partial charge in [0.15, 0.2) is 0 Å². The van der Waals surface area contributed by atoms with E-state index < -0.39 is 10.0 Å². The fraction of sp³-hybridized carbons (Fsp3) is 0.364. The van der Waals surface area contributed by atoms with Crippen molar-refractivity contribution >= 4 is 27.3 Å². The molecule has 6 nitrogen and oxygen atoms in total. The standard InChI is InChI=1S/C11H14N2O4S2/c12-19(16,17)6-4-13-11(15)9-7-10(18-8-9)3-1-2-5-14/h7-8,14H,2,4-6H2,(H,13,15)(H2,12,16,17). The van der Waals surface area contributed by atoms with Gasteiger partial charge in [0.1, 0.15) is 0 Å². The normalized spacial score (nSPS) is 10.6. The molecule has 0 unspecified atom stereocenters. The summed E-state index contributed by atoms with van der Waals surface area (Å²) in [4.78, 5) is 12.4. The zero-order valence-corrected chi connectivity index (χ0v) is 11.7. The first-order chi connectivity index (χ1) is 8.92. The topological polar surface area (TPSA) is 109 Å². The molecule has 1 rings (SSSR count). The average molecular weight is 302 g/mol. The lowest BCUT2D eigenvalue weighted by molar-refractivity contribution is 0.0956. The predicted octanol–water partition coefficient (Wildman–Crippen LogP) is -0.500. The number of amides is 1. The van der Waals surface area contributed by atoms with Gasteiger partial charge in [0.2, 0.25) is 10.0 Å². The predicted molar refractivity (Wildman–Crippen MR) is 73.2 cm³/mol. The molecule has 0 spiro atoms. The van der Waals surface area contributed by atoms with Crippen LogP contribution in [0.1, 0.15) is 21.7 Å². The van der Waals surface area contributed by atoms with E-state index >= 15 is 0 Å². The third-order valence-electron chi connectivity index (χ3n) is 1.98. The minimum absolute atomic E-state index is 0.000713. The van der Waals surface area contributed by atoms with Gasteiger partial charge in [-0.15, -0.1) is 11.3 Å². The second-order valence-corrected chi connectivity index (χ2v) is 6.24. The van der Waals surface area contributed by atoms with Crippen LogP contribution >= 0.6 is 11.3 Å². The molecule has 0 saturated carbocycles. The molecule has 1 amide bonds. The van der Waals surface area contributed by atoms with Crippen LogP contribution in [0.5, 0.6) is 0 Å². The van der Waals surface area contributed by atoms with Crippen LogP contribution in [0.2, 0.25) is 0 Å². The second-order valence-electron chi connectivity index (χ2n) is 3.60. The number of carbonyl (C=O) groups is 1. The maximum atomic E-state index is 11.6. The molecule has 1 aromatic rings. The third-order valence-corrected chi connectivity index (χ3v) is 3.60. The highest BCUT2D eigenvalue weighted by Crippen LogP contribution is 2.13. The van der Waals surface area contributed by atoms with Crippen molar-refractivity contribution in [3.63, 3.8) is 0 Å². The summed E-state index contributed by atoms with van der Waals surface area (Å²) in [7, 11) is -3.57. The Morgan fingerprint density at radius 2 is 2.26 bits per heavy atom. The van der Waals surface area contributed by atoms with Gasteiger partial charge in [-0.1, -0.05) is 11.8 Å². The largest absolute Gasteiger partial charge is 0.395 e. The zero-order chi connectivity index (χ0) is 14.3. The van der Waals surface area contributed by atoms with E-state index in [-0.39, 0.29) is 24.8 Å². The van der Waals surface area contributed by atoms with Gasteiger partial charge >= 0.3 is 0 Å². The van der Waals surface area contributed by atoms with Gasteiger partial charge in [0.25, 0.3) is 5.91 Å². The summed E-state index contributed by atoms with van der Waals surface area (Å²) >= 11 is 1.31. The first kappa shape index (κ1) is 15.7. The molecule has 0 aliphatic heterocycles. The summed E-state index contributed by atoms with van der Waals surface area (Å²) in [5.41, 5.74) is 0.424. The van der Waals surface area contributed by atoms with Crippen molar-refractivity contribution in [2.24, 2.45) is 5.14 Å². The second kappa shape index (κ2) is 7.25. The molecule has 0 radical (unpaired) electrons. The van der Waals surface area contributed by atoms with Gasteiger partial charge < -0.3 is 10.4 Å². The first-order valence-corrected chi connectivity index (χ1v) is 7.99. The number of hydrogen-bond donors (Lipinski definition) is 3. The number of rotatable bonds is 5. The highest BCUT2D eigenvalue weighted by molar-refractivity contribution is 7.89. The van der Waals surface area contributed by atoms with Crippen molar-refractivity contribution in [3.8, 4) is 11.8 Å². The lowest BCUT2D eigenvalue weighted by Crippen LogP contribution is -2.31. The summed E-state index contributed by atoms with van der Waals surface area (Å²) in [6.07, 6.45) is 0.383. The minimum atomic E-state index is -3.57. The summed E-state index contributed by atoms with van der Waals surface area (Å²) in [5.74, 6) is 4.90. The fourth-order valence-electron chi connectivity index (χ4n) is 1.14. The van der Waals surface area contributed by atoms with E-state index in [9.17, 15) is 13.2 Å². The van der Waals surface area contributed by atoms with Crippen LogP contribution in [0.3, 0.4) is 0 Å². The maximum absolute atomic E-state index is 11.6. The smallest absolute Gasteiger partial charge is 0.252 e. The number of sulfonamides is 1. The Morgan fingerprint density at radius 1 is 1.53 bits per heavy atom. The SMILES string of the molecule is NS(=O)(=O)CCNC(=O)c1csc(C#CCCO)c1. The van der Waals surface area contributed by atoms with Crippen LogP contribution in [-0.4, -0.2) is 38.3 Å². The van der Waals surface area contributed by atoms with E-state index in [1.807, 2.05) is 0 Å². The van der Waals surface area contributed by atoms with E-state index in [2.05, 4.69) is 17.2 Å². The Kier molecular flexibility index (Phi) is 5.98. The van der Waals surface area contributed by atoms with Gasteiger partial charge in [-0.2, -0.15) is 0 Å². The lowest BCUT2D eigenvalue weighted by atomic mass is 10.3. The number of carbonyl (C=O) groups excluding carboxylic acids is 1. The van der Waals surface area contributed by atoms with E-state index in [0.717, 1.165) is 0 Å². The van der Waals surface area contributed by atoms with Crippen LogP contribution in [0.4, 0.5) is 0 Å². The highest BCUT2D eigenvalue weighted by Gasteiger charge is 2.09. The monoisotopic (exact) mass is 302 g/mol. The van der Waals surface area contributed by atoms with Crippen molar-refractivity contribution in [1.82, 2.24) is 5.32 Å². The summed E-state index contributed by atoms with van der Waals surface area (Å²) in [6.45, 7) is -0.0294. The Hall–Kier alpha value is -1.40. The molecule has 8 heteroatoms. The number of thiophene rings is 1. The van der Waals surface area contributed by atoms with Crippen molar-refractivity contribution in [2.75, 3.05) is 18.9 Å². The Labute approximate surface area is 115 Å². The molecular formula is C11H14N2O4S2. The van der Waals surface area contributed by atoms with E-state index in [1.54, 1.807) is 11.4 Å². The number of nitrogens with one attached hydrogen (secondary N) is 1. The first-order valence-electron chi connectivity index (χ1n) is 5.39. The Bertz CT molecular complexity index is 596. The van der Waals surface area contributed by atoms with E-state index in [1.165, 1.54) is 11.3 Å². The molecule has 1 heterocycles. The van der Waals surface area contributed by atoms with E-state index in [4.69, 9.17) is 10.2 Å². The molecule has 0 aliphatic carbocycles. The van der Waals surface area contributed by atoms with Crippen LogP contribution in [-0.2, 0) is 10.0 Å². The van der Waals surface area contributed by atoms with Gasteiger partial charge in [-0.05, 0) is 6.07 Å². The molecule has 0 saturated heterocycles. The van der Waals surface area contributed by atoms with Crippen LogP contribution in [0.25, 0.3) is 0 Å². The highest BCUT2D eigenvalue weighted by atomic mass is 32.2. The number of aliphatic hydroxyl groups excluding tert-OH is 1. The molecule has 0 aliphatic rings. The van der Waals surface area contributed by atoms with Crippen LogP contribution < -0.4 is 10.5 Å². The number of aliphatic hydroxyl groups is 1. The summed E-state index contributed by atoms with van der Waals surface area (Å²) in [6, 6.07) is 1.61. The molecule has 104 valence electrons. The van der Waals surface area contributed by atoms with Gasteiger partial charge in [-0.3, -0.25) is 4.79 Å². The fourth-order valence-corrected chi connectivity index (χ4v) is 2.28. The molecule has 4 N–H and O–H groups in total. The molecule has 0 fully saturated rings. The third kappa shape index (κ3) is 6.35. The quantitative estimate of drug-likeness (QED) is 0.637. The van der Waals surface area contributed by atoms with Gasteiger partial charge in [0, 0.05) is 18.3 Å². The Balaban J connectivity index is 2.52. The lowest BCUT2D eigenvalue weighted by Gasteiger charge is -2.01. The van der Waals surface area contributed by atoms with Gasteiger partial charge in [0.05, 0.1) is 22.8 Å². The van der Waals surface area contributed by atoms with Crippen LogP contribution in [0, 0.1) is 11.8 Å². The van der Waals surface area contributed by atoms with Gasteiger partial charge in [-0.25, -0.2) is 13.6 Å². The van der Waals surface area contributed by atoms with Crippen molar-refractivity contribution in [1.29, 1.82) is 0 Å². The molecule has 0 bridgehead atoms. The number of nitrogens with two attached hydrogens (primary N) is 1. The molecular weight excluding hydrogens is 288 g/mol. The Morgan fingerprint density at radius 3 is 2.89 bits per heavy atom. The number of hydrogen-bond acceptors (Lipinski definition) is 5. The van der Waals surface area contributed by atoms with Crippen molar-refractivity contribution in [2.45, 2.75) is 6.42 Å².